The number of piperidine rings is 1. The number of hydrogen-bond acceptors (Lipinski definition) is 5. The molecule has 0 spiro atoms. The number of carbonyl (C=O) groups is 2. The van der Waals surface area contributed by atoms with E-state index in [1.165, 1.54) is 0 Å². The molecule has 2 aliphatic heterocycles. The maximum absolute atomic E-state index is 12.8. The van der Waals surface area contributed by atoms with Crippen LogP contribution in [-0.4, -0.2) is 72.2 Å². The number of aryl methyl sites for hydroxylation is 1. The van der Waals surface area contributed by atoms with E-state index in [1.807, 2.05) is 11.0 Å². The molecule has 0 aromatic heterocycles. The van der Waals surface area contributed by atoms with Crippen molar-refractivity contribution in [1.29, 1.82) is 0 Å². The Morgan fingerprint density at radius 2 is 2.06 bits per heavy atom. The molecule has 1 unspecified atom stereocenters. The molecule has 1 atom stereocenters. The number of ether oxygens (including phenoxy) is 1. The van der Waals surface area contributed by atoms with Crippen LogP contribution < -0.4 is 10.1 Å². The van der Waals surface area contributed by atoms with Crippen LogP contribution in [0.2, 0.25) is 0 Å². The van der Waals surface area contributed by atoms with Crippen LogP contribution in [0.3, 0.4) is 0 Å². The highest BCUT2D eigenvalue weighted by molar-refractivity contribution is 5.78. The Morgan fingerprint density at radius 1 is 1.21 bits per heavy atom. The number of aliphatic hydroxyl groups is 1. The van der Waals surface area contributed by atoms with E-state index in [4.69, 9.17) is 4.74 Å². The summed E-state index contributed by atoms with van der Waals surface area (Å²) in [7, 11) is 0. The summed E-state index contributed by atoms with van der Waals surface area (Å²) in [6, 6.07) is 6.44. The molecule has 2 heterocycles. The van der Waals surface area contributed by atoms with Crippen LogP contribution in [0.1, 0.15) is 63.5 Å². The Kier molecular flexibility index (Phi) is 10.0. The second-order valence-corrected chi connectivity index (χ2v) is 9.73. The standard InChI is InChI=1S/C26H41N3O4/c1-20(2)29-17-23-15-21(9-11-26(32)28-13-6-7-22(16-28)19-30)8-10-24(23)33-14-5-3-4-12-27-25(31)18-29/h8,10,15,20,22,30H,3-7,9,11-14,16-19H2,1-2H3,(H,27,31). The van der Waals surface area contributed by atoms with Gasteiger partial charge in [0.2, 0.25) is 11.8 Å². The predicted molar refractivity (Wildman–Crippen MR) is 129 cm³/mol. The number of nitrogens with zero attached hydrogens (tertiary/aromatic N) is 2. The van der Waals surface area contributed by atoms with Crippen LogP contribution in [0.15, 0.2) is 18.2 Å². The van der Waals surface area contributed by atoms with E-state index < -0.39 is 0 Å². The fourth-order valence-corrected chi connectivity index (χ4v) is 4.60. The molecule has 2 amide bonds. The van der Waals surface area contributed by atoms with Crippen LogP contribution in [0, 0.1) is 5.92 Å². The van der Waals surface area contributed by atoms with Gasteiger partial charge in [-0.15, -0.1) is 0 Å². The lowest BCUT2D eigenvalue weighted by Crippen LogP contribution is -2.41. The first-order valence-corrected chi connectivity index (χ1v) is 12.6. The van der Waals surface area contributed by atoms with Crippen molar-refractivity contribution in [3.63, 3.8) is 0 Å². The third-order valence-electron chi connectivity index (χ3n) is 6.73. The first-order chi connectivity index (χ1) is 16.0. The number of benzene rings is 1. The van der Waals surface area contributed by atoms with Gasteiger partial charge in [0.1, 0.15) is 5.75 Å². The number of likely N-dealkylation sites (tertiary alicyclic amines) is 1. The maximum atomic E-state index is 12.8. The fourth-order valence-electron chi connectivity index (χ4n) is 4.60. The number of nitrogens with one attached hydrogen (secondary N) is 1. The van der Waals surface area contributed by atoms with E-state index in [1.54, 1.807) is 0 Å². The zero-order chi connectivity index (χ0) is 23.6. The van der Waals surface area contributed by atoms with Crippen LogP contribution in [0.4, 0.5) is 0 Å². The number of carbonyl (C=O) groups excluding carboxylic acids is 2. The molecule has 7 heteroatoms. The number of rotatable bonds is 5. The van der Waals surface area contributed by atoms with E-state index in [0.717, 1.165) is 55.5 Å². The largest absolute Gasteiger partial charge is 0.493 e. The number of aliphatic hydroxyl groups excluding tert-OH is 1. The first kappa shape index (κ1) is 25.5. The molecule has 1 fully saturated rings. The SMILES string of the molecule is CC(C)N1CC(=O)NCCCCCOc2ccc(CCC(=O)N3CCCC(CO)C3)cc2C1. The molecule has 0 bridgehead atoms. The molecule has 1 aromatic rings. The van der Waals surface area contributed by atoms with Crippen molar-refractivity contribution in [2.75, 3.05) is 39.4 Å². The van der Waals surface area contributed by atoms with Gasteiger partial charge in [0.25, 0.3) is 0 Å². The van der Waals surface area contributed by atoms with Crippen LogP contribution >= 0.6 is 0 Å². The Hall–Kier alpha value is -2.12. The molecule has 1 aromatic carbocycles. The van der Waals surface area contributed by atoms with E-state index in [-0.39, 0.29) is 30.4 Å². The average Bonchev–Trinajstić information content (AvgIpc) is 2.83. The number of amides is 2. The molecular formula is C26H41N3O4. The monoisotopic (exact) mass is 459 g/mol. The average molecular weight is 460 g/mol. The summed E-state index contributed by atoms with van der Waals surface area (Å²) in [4.78, 5) is 29.2. The molecule has 3 rings (SSSR count). The molecule has 1 saturated heterocycles. The van der Waals surface area contributed by atoms with Crippen molar-refractivity contribution < 1.29 is 19.4 Å². The molecular weight excluding hydrogens is 418 g/mol. The van der Waals surface area contributed by atoms with Gasteiger partial charge in [-0.1, -0.05) is 12.1 Å². The van der Waals surface area contributed by atoms with Gasteiger partial charge in [-0.05, 0) is 69.9 Å². The van der Waals surface area contributed by atoms with E-state index >= 15 is 0 Å². The van der Waals surface area contributed by atoms with Crippen molar-refractivity contribution in [2.24, 2.45) is 5.92 Å². The van der Waals surface area contributed by atoms with Crippen LogP contribution in [0.5, 0.6) is 5.75 Å². The molecule has 33 heavy (non-hydrogen) atoms. The van der Waals surface area contributed by atoms with Crippen molar-refractivity contribution in [3.8, 4) is 5.75 Å². The lowest BCUT2D eigenvalue weighted by Gasteiger charge is -2.32. The van der Waals surface area contributed by atoms with E-state index in [2.05, 4.69) is 36.2 Å². The summed E-state index contributed by atoms with van der Waals surface area (Å²) < 4.78 is 6.13. The molecule has 7 nitrogen and oxygen atoms in total. The van der Waals surface area contributed by atoms with Gasteiger partial charge in [-0.3, -0.25) is 14.5 Å². The van der Waals surface area contributed by atoms with E-state index in [0.29, 0.717) is 45.6 Å². The van der Waals surface area contributed by atoms with Gasteiger partial charge in [0.05, 0.1) is 13.2 Å². The summed E-state index contributed by atoms with van der Waals surface area (Å²) in [6.45, 7) is 8.19. The minimum atomic E-state index is 0.0647. The van der Waals surface area contributed by atoms with E-state index in [9.17, 15) is 14.7 Å². The Morgan fingerprint density at radius 3 is 2.85 bits per heavy atom. The van der Waals surface area contributed by atoms with Gasteiger partial charge in [-0.25, -0.2) is 0 Å². The molecule has 0 radical (unpaired) electrons. The highest BCUT2D eigenvalue weighted by Crippen LogP contribution is 2.25. The number of hydrogen-bond donors (Lipinski definition) is 2. The number of fused-ring (bicyclic) bond motifs is 1. The summed E-state index contributed by atoms with van der Waals surface area (Å²) in [5, 5.41) is 12.5. The second kappa shape index (κ2) is 12.9. The molecule has 0 saturated carbocycles. The molecule has 2 N–H and O–H groups in total. The molecule has 184 valence electrons. The summed E-state index contributed by atoms with van der Waals surface area (Å²) in [5.41, 5.74) is 2.18. The lowest BCUT2D eigenvalue weighted by atomic mass is 9.98. The zero-order valence-electron chi connectivity index (χ0n) is 20.4. The van der Waals surface area contributed by atoms with Gasteiger partial charge in [0, 0.05) is 50.8 Å². The minimum Gasteiger partial charge on any atom is -0.493 e. The van der Waals surface area contributed by atoms with Crippen LogP contribution in [0.25, 0.3) is 0 Å². The summed E-state index contributed by atoms with van der Waals surface area (Å²) in [6.07, 6.45) is 6.05. The van der Waals surface area contributed by atoms with Gasteiger partial charge in [0.15, 0.2) is 0 Å². The van der Waals surface area contributed by atoms with Crippen molar-refractivity contribution in [2.45, 2.75) is 71.4 Å². The lowest BCUT2D eigenvalue weighted by molar-refractivity contribution is -0.133. The Bertz CT molecular complexity index is 783. The van der Waals surface area contributed by atoms with Crippen molar-refractivity contribution >= 4 is 11.8 Å². The third-order valence-corrected chi connectivity index (χ3v) is 6.73. The second-order valence-electron chi connectivity index (χ2n) is 9.73. The quantitative estimate of drug-likeness (QED) is 0.708. The normalized spacial score (nSPS) is 21.3. The van der Waals surface area contributed by atoms with Gasteiger partial charge in [-0.2, -0.15) is 0 Å². The third kappa shape index (κ3) is 8.00. The van der Waals surface area contributed by atoms with Gasteiger partial charge >= 0.3 is 0 Å². The van der Waals surface area contributed by atoms with Crippen molar-refractivity contribution in [1.82, 2.24) is 15.1 Å². The van der Waals surface area contributed by atoms with Crippen molar-refractivity contribution in [3.05, 3.63) is 29.3 Å². The van der Waals surface area contributed by atoms with Crippen LogP contribution in [-0.2, 0) is 22.6 Å². The smallest absolute Gasteiger partial charge is 0.234 e. The Labute approximate surface area is 198 Å². The predicted octanol–water partition coefficient (Wildman–Crippen LogP) is 2.74. The topological polar surface area (TPSA) is 82.1 Å². The summed E-state index contributed by atoms with van der Waals surface area (Å²) >= 11 is 0. The summed E-state index contributed by atoms with van der Waals surface area (Å²) in [5.74, 6) is 1.31. The first-order valence-electron chi connectivity index (χ1n) is 12.6. The molecule has 2 aliphatic rings. The van der Waals surface area contributed by atoms with Gasteiger partial charge < -0.3 is 20.1 Å². The highest BCUT2D eigenvalue weighted by atomic mass is 16.5. The Balaban J connectivity index is 1.69. The molecule has 0 aliphatic carbocycles. The zero-order valence-corrected chi connectivity index (χ0v) is 20.4. The fraction of sp³-hybridized carbons (Fsp3) is 0.692. The minimum absolute atomic E-state index is 0.0647. The highest BCUT2D eigenvalue weighted by Gasteiger charge is 2.23. The maximum Gasteiger partial charge on any atom is 0.234 e.